The second-order valence-electron chi connectivity index (χ2n) is 15.5. The summed E-state index contributed by atoms with van der Waals surface area (Å²) >= 11 is 6.48. The summed E-state index contributed by atoms with van der Waals surface area (Å²) < 4.78 is 32.0. The van der Waals surface area contributed by atoms with Crippen molar-refractivity contribution in [1.29, 1.82) is 0 Å². The zero-order valence-corrected chi connectivity index (χ0v) is 33.7. The SMILES string of the molecule is COc1ccc(C(OC[C@H]2O[C@@H](n3cnc4c(N(C(=O)OC(C)(C)C)C(=O)OC(C)(C)C)nc(Cl)nc43)[C@@H](N=[N+]=[N-])[C@@H]2C)(c2ccccc2)c2ccccc2)cc1. The monoisotopic (exact) mass is 796 g/mol. The van der Waals surface area contributed by atoms with Crippen LogP contribution in [0.1, 0.15) is 71.4 Å². The normalized spacial score (nSPS) is 18.5. The lowest BCUT2D eigenvalue weighted by Crippen LogP contribution is -2.44. The average molecular weight is 797 g/mol. The molecule has 16 heteroatoms. The minimum atomic E-state index is -1.09. The molecule has 0 unspecified atom stereocenters. The molecule has 0 N–H and O–H groups in total. The molecule has 3 heterocycles. The third-order valence-corrected chi connectivity index (χ3v) is 9.42. The fraction of sp³-hybridized carbons (Fsp3) is 0.390. The number of hydrogen-bond acceptors (Lipinski definition) is 11. The Balaban J connectivity index is 1.41. The van der Waals surface area contributed by atoms with E-state index >= 15 is 0 Å². The van der Waals surface area contributed by atoms with E-state index < -0.39 is 47.4 Å². The number of benzene rings is 3. The summed E-state index contributed by atoms with van der Waals surface area (Å²) in [4.78, 5) is 44.1. The zero-order valence-electron chi connectivity index (χ0n) is 33.0. The van der Waals surface area contributed by atoms with Crippen LogP contribution in [0.3, 0.4) is 0 Å². The summed E-state index contributed by atoms with van der Waals surface area (Å²) in [5.41, 5.74) is 9.44. The molecule has 2 aromatic heterocycles. The molecular weight excluding hydrogens is 752 g/mol. The first-order valence-corrected chi connectivity index (χ1v) is 18.7. The van der Waals surface area contributed by atoms with Crippen LogP contribution in [-0.2, 0) is 24.5 Å². The predicted octanol–water partition coefficient (Wildman–Crippen LogP) is 9.39. The van der Waals surface area contributed by atoms with Gasteiger partial charge in [-0.25, -0.2) is 14.6 Å². The van der Waals surface area contributed by atoms with Crippen molar-refractivity contribution in [2.24, 2.45) is 11.0 Å². The van der Waals surface area contributed by atoms with Gasteiger partial charge in [0.25, 0.3) is 0 Å². The third-order valence-electron chi connectivity index (χ3n) is 9.25. The lowest BCUT2D eigenvalue weighted by molar-refractivity contribution is -0.0826. The van der Waals surface area contributed by atoms with Gasteiger partial charge in [-0.1, -0.05) is 84.8 Å². The van der Waals surface area contributed by atoms with Gasteiger partial charge in [0.1, 0.15) is 28.8 Å². The molecule has 1 saturated heterocycles. The second-order valence-corrected chi connectivity index (χ2v) is 15.8. The van der Waals surface area contributed by atoms with E-state index in [-0.39, 0.29) is 34.8 Å². The van der Waals surface area contributed by atoms with Gasteiger partial charge in [0, 0.05) is 4.91 Å². The summed E-state index contributed by atoms with van der Waals surface area (Å²) in [7, 11) is 1.62. The van der Waals surface area contributed by atoms with E-state index in [0.29, 0.717) is 10.6 Å². The van der Waals surface area contributed by atoms with E-state index in [1.54, 1.807) is 48.7 Å². The molecular formula is C41H45ClN8O7. The van der Waals surface area contributed by atoms with Crippen LogP contribution in [0.2, 0.25) is 5.28 Å². The largest absolute Gasteiger partial charge is 0.497 e. The number of hydrogen-bond donors (Lipinski definition) is 0. The lowest BCUT2D eigenvalue weighted by Gasteiger charge is -2.37. The van der Waals surface area contributed by atoms with Crippen LogP contribution >= 0.6 is 11.6 Å². The summed E-state index contributed by atoms with van der Waals surface area (Å²) in [6, 6.07) is 26.7. The first-order valence-electron chi connectivity index (χ1n) is 18.3. The van der Waals surface area contributed by atoms with Crippen molar-refractivity contribution in [3.8, 4) is 5.75 Å². The topological polar surface area (TPSA) is 176 Å². The molecule has 5 aromatic rings. The van der Waals surface area contributed by atoms with Crippen LogP contribution in [0.4, 0.5) is 15.4 Å². The number of methoxy groups -OCH3 is 1. The molecule has 1 aliphatic rings. The molecule has 3 aromatic carbocycles. The highest BCUT2D eigenvalue weighted by Gasteiger charge is 2.46. The van der Waals surface area contributed by atoms with Gasteiger partial charge in [-0.05, 0) is 93.4 Å². The molecule has 4 atom stereocenters. The number of anilines is 1. The quantitative estimate of drug-likeness (QED) is 0.0435. The molecule has 6 rings (SSSR count). The number of aromatic nitrogens is 4. The van der Waals surface area contributed by atoms with Crippen LogP contribution in [0.15, 0.2) is 96.4 Å². The lowest BCUT2D eigenvalue weighted by atomic mass is 9.80. The average Bonchev–Trinajstić information content (AvgIpc) is 3.71. The Morgan fingerprint density at radius 1 is 0.877 bits per heavy atom. The molecule has 298 valence electrons. The number of ether oxygens (including phenoxy) is 5. The number of halogens is 1. The fourth-order valence-electron chi connectivity index (χ4n) is 6.72. The van der Waals surface area contributed by atoms with E-state index in [2.05, 4.69) is 25.0 Å². The van der Waals surface area contributed by atoms with E-state index in [0.717, 1.165) is 16.7 Å². The number of carbonyl (C=O) groups excluding carboxylic acids is 2. The van der Waals surface area contributed by atoms with Crippen molar-refractivity contribution in [2.75, 3.05) is 18.6 Å². The van der Waals surface area contributed by atoms with E-state index in [1.807, 2.05) is 91.9 Å². The van der Waals surface area contributed by atoms with E-state index in [1.165, 1.54) is 10.9 Å². The Bertz CT molecular complexity index is 2190. The van der Waals surface area contributed by atoms with Gasteiger partial charge < -0.3 is 23.7 Å². The Hall–Kier alpha value is -5.73. The number of amides is 2. The summed E-state index contributed by atoms with van der Waals surface area (Å²) in [5.74, 6) is 0.0373. The van der Waals surface area contributed by atoms with Crippen LogP contribution < -0.4 is 9.64 Å². The first kappa shape index (κ1) is 40.9. The van der Waals surface area contributed by atoms with Gasteiger partial charge in [-0.15, -0.1) is 0 Å². The van der Waals surface area contributed by atoms with E-state index in [9.17, 15) is 15.1 Å². The Morgan fingerprint density at radius 3 is 1.93 bits per heavy atom. The Labute approximate surface area is 335 Å². The van der Waals surface area contributed by atoms with Crippen molar-refractivity contribution in [2.45, 2.75) is 83.6 Å². The maximum Gasteiger partial charge on any atom is 0.425 e. The van der Waals surface area contributed by atoms with Crippen LogP contribution in [0.25, 0.3) is 21.6 Å². The highest BCUT2D eigenvalue weighted by molar-refractivity contribution is 6.29. The van der Waals surface area contributed by atoms with Crippen LogP contribution in [-0.4, -0.2) is 68.8 Å². The standard InChI is InChI=1S/C41H45ClN8O7/c1-25-30(23-54-41(26-15-11-9-12-16-26,27-17-13-10-14-18-27)28-19-21-29(53-8)22-20-28)55-35(31(25)47-48-43)49-24-44-32-33(49)45-36(42)46-34(32)50(37(51)56-39(2,3)4)38(52)57-40(5,6)7/h9-22,24-25,30-31,35H,23H2,1-8H3/t25-,30-,31+,35-/m1/s1. The van der Waals surface area contributed by atoms with Gasteiger partial charge in [-0.3, -0.25) is 4.57 Å². The molecule has 2 amide bonds. The maximum absolute atomic E-state index is 13.6. The number of fused-ring (bicyclic) bond motifs is 1. The minimum Gasteiger partial charge on any atom is -0.497 e. The number of azide groups is 1. The molecule has 1 fully saturated rings. The van der Waals surface area contributed by atoms with Crippen molar-refractivity contribution in [3.05, 3.63) is 124 Å². The van der Waals surface area contributed by atoms with Crippen LogP contribution in [0.5, 0.6) is 5.75 Å². The molecule has 1 aliphatic heterocycles. The van der Waals surface area contributed by atoms with Crippen LogP contribution in [0, 0.1) is 5.92 Å². The highest BCUT2D eigenvalue weighted by Crippen LogP contribution is 2.44. The first-order chi connectivity index (χ1) is 27.1. The predicted molar refractivity (Wildman–Crippen MR) is 213 cm³/mol. The van der Waals surface area contributed by atoms with Gasteiger partial charge in [0.15, 0.2) is 17.0 Å². The maximum atomic E-state index is 13.6. The van der Waals surface area contributed by atoms with Crippen molar-refractivity contribution in [3.63, 3.8) is 0 Å². The smallest absolute Gasteiger partial charge is 0.425 e. The van der Waals surface area contributed by atoms with Gasteiger partial charge in [0.05, 0.1) is 32.2 Å². The molecule has 0 aliphatic carbocycles. The number of nitrogens with zero attached hydrogens (tertiary/aromatic N) is 8. The fourth-order valence-corrected chi connectivity index (χ4v) is 6.88. The third kappa shape index (κ3) is 8.66. The Morgan fingerprint density at radius 2 is 1.42 bits per heavy atom. The van der Waals surface area contributed by atoms with Gasteiger partial charge >= 0.3 is 12.2 Å². The summed E-state index contributed by atoms with van der Waals surface area (Å²) in [6.45, 7) is 11.9. The summed E-state index contributed by atoms with van der Waals surface area (Å²) in [6.07, 6.45) is -2.31. The van der Waals surface area contributed by atoms with Crippen molar-refractivity contribution < 1.29 is 33.3 Å². The number of rotatable bonds is 10. The van der Waals surface area contributed by atoms with Crippen molar-refractivity contribution >= 4 is 40.8 Å². The van der Waals surface area contributed by atoms with E-state index in [4.69, 9.17) is 35.3 Å². The number of imide groups is 1. The van der Waals surface area contributed by atoms with Gasteiger partial charge in [0.2, 0.25) is 5.28 Å². The second kappa shape index (κ2) is 16.4. The highest BCUT2D eigenvalue weighted by atomic mass is 35.5. The molecule has 15 nitrogen and oxygen atoms in total. The Kier molecular flexibility index (Phi) is 11.8. The molecule has 0 bridgehead atoms. The molecule has 0 radical (unpaired) electrons. The summed E-state index contributed by atoms with van der Waals surface area (Å²) in [5, 5.41) is 3.85. The molecule has 0 spiro atoms. The number of carbonyl (C=O) groups is 2. The minimum absolute atomic E-state index is 0.0124. The van der Waals surface area contributed by atoms with Crippen molar-refractivity contribution in [1.82, 2.24) is 19.5 Å². The molecule has 0 saturated carbocycles. The number of imidazole rings is 1. The van der Waals surface area contributed by atoms with Gasteiger partial charge in [-0.2, -0.15) is 14.9 Å². The molecule has 57 heavy (non-hydrogen) atoms. The zero-order chi connectivity index (χ0) is 41.1.